The van der Waals surface area contributed by atoms with E-state index in [1.165, 1.54) is 5.92 Å². The predicted octanol–water partition coefficient (Wildman–Crippen LogP) is 2.36. The second-order valence-corrected chi connectivity index (χ2v) is 2.76. The zero-order valence-electron chi connectivity index (χ0n) is 6.53. The lowest BCUT2D eigenvalue weighted by Gasteiger charge is -1.99. The molecule has 0 aliphatic heterocycles. The average Bonchev–Trinajstić information content (AvgIpc) is 1.63. The van der Waals surface area contributed by atoms with Gasteiger partial charge in [0.05, 0.1) is 0 Å². The van der Waals surface area contributed by atoms with Crippen LogP contribution in [0.3, 0.4) is 0 Å². The molecule has 0 aromatic heterocycles. The quantitative estimate of drug-likeness (QED) is 0.566. The average molecular weight is 127 g/mol. The fraction of sp³-hybridized carbons (Fsp3) is 0.750. The Morgan fingerprint density at radius 3 is 2.00 bits per heavy atom. The number of hydrogen-bond acceptors (Lipinski definition) is 1. The van der Waals surface area contributed by atoms with E-state index in [1.54, 1.807) is 6.92 Å². The molecule has 9 heavy (non-hydrogen) atoms. The molecule has 0 atom stereocenters. The number of carbonyl (C=O) groups excluding carboxylic acids is 1. The number of rotatable bonds is 4. The molecular formula is C8H15O. The highest BCUT2D eigenvalue weighted by atomic mass is 16.1. The maximum atomic E-state index is 10.4. The largest absolute Gasteiger partial charge is 0.300 e. The molecule has 1 nitrogen and oxygen atoms in total. The van der Waals surface area contributed by atoms with Crippen LogP contribution >= 0.6 is 0 Å². The molecule has 0 N–H and O–H groups in total. The molecule has 0 aromatic carbocycles. The van der Waals surface area contributed by atoms with Crippen molar-refractivity contribution in [2.24, 2.45) is 0 Å². The highest BCUT2D eigenvalue weighted by Gasteiger charge is 1.95. The van der Waals surface area contributed by atoms with Crippen molar-refractivity contribution in [2.75, 3.05) is 0 Å². The minimum absolute atomic E-state index is 0.302. The highest BCUT2D eigenvalue weighted by molar-refractivity contribution is 5.75. The van der Waals surface area contributed by atoms with Gasteiger partial charge < -0.3 is 4.79 Å². The maximum absolute atomic E-state index is 10.4. The van der Waals surface area contributed by atoms with Crippen molar-refractivity contribution in [3.05, 3.63) is 5.92 Å². The number of ketones is 1. The highest BCUT2D eigenvalue weighted by Crippen LogP contribution is 2.07. The van der Waals surface area contributed by atoms with Crippen LogP contribution in [-0.2, 0) is 4.79 Å². The van der Waals surface area contributed by atoms with Crippen LogP contribution < -0.4 is 0 Å². The lowest BCUT2D eigenvalue weighted by atomic mass is 10.1. The van der Waals surface area contributed by atoms with Crippen LogP contribution in [0.15, 0.2) is 0 Å². The van der Waals surface area contributed by atoms with Gasteiger partial charge in [0.2, 0.25) is 0 Å². The molecule has 0 spiro atoms. The Balaban J connectivity index is 3.01. The Hall–Kier alpha value is -0.330. The van der Waals surface area contributed by atoms with E-state index in [1.807, 2.05) is 0 Å². The van der Waals surface area contributed by atoms with Gasteiger partial charge in [0, 0.05) is 6.42 Å². The van der Waals surface area contributed by atoms with Crippen LogP contribution in [0.5, 0.6) is 0 Å². The molecule has 0 aliphatic carbocycles. The fourth-order valence-electron chi connectivity index (χ4n) is 0.691. The fourth-order valence-corrected chi connectivity index (χ4v) is 0.691. The van der Waals surface area contributed by atoms with E-state index in [9.17, 15) is 4.79 Å². The summed E-state index contributed by atoms with van der Waals surface area (Å²) in [6.45, 7) is 5.84. The second kappa shape index (κ2) is 4.54. The molecule has 0 saturated carbocycles. The van der Waals surface area contributed by atoms with Crippen LogP contribution in [0.25, 0.3) is 0 Å². The first kappa shape index (κ1) is 8.67. The van der Waals surface area contributed by atoms with Crippen molar-refractivity contribution in [2.45, 2.75) is 40.0 Å². The first-order valence-electron chi connectivity index (χ1n) is 3.41. The summed E-state index contributed by atoms with van der Waals surface area (Å²) in [5.74, 6) is 1.72. The molecule has 0 unspecified atom stereocenters. The lowest BCUT2D eigenvalue weighted by molar-refractivity contribution is -0.117. The van der Waals surface area contributed by atoms with Crippen LogP contribution in [0.4, 0.5) is 0 Å². The Kier molecular flexibility index (Phi) is 4.37. The van der Waals surface area contributed by atoms with Gasteiger partial charge in [-0.3, -0.25) is 0 Å². The Morgan fingerprint density at radius 1 is 1.11 bits per heavy atom. The zero-order chi connectivity index (χ0) is 7.28. The van der Waals surface area contributed by atoms with E-state index < -0.39 is 0 Å². The summed E-state index contributed by atoms with van der Waals surface area (Å²) < 4.78 is 0. The van der Waals surface area contributed by atoms with E-state index in [0.29, 0.717) is 5.78 Å². The van der Waals surface area contributed by atoms with Crippen molar-refractivity contribution < 1.29 is 4.79 Å². The monoisotopic (exact) mass is 127 g/mol. The minimum atomic E-state index is 0.302. The van der Waals surface area contributed by atoms with Gasteiger partial charge in [-0.05, 0) is 25.7 Å². The summed E-state index contributed by atoms with van der Waals surface area (Å²) in [4.78, 5) is 10.4. The summed E-state index contributed by atoms with van der Waals surface area (Å²) in [5, 5.41) is 0. The van der Waals surface area contributed by atoms with Gasteiger partial charge in [0.25, 0.3) is 0 Å². The predicted molar refractivity (Wildman–Crippen MR) is 39.1 cm³/mol. The first-order chi connectivity index (χ1) is 4.13. The number of Topliss-reactive ketones (excluding diaryl/α,β-unsaturated/α-hetero) is 1. The molecule has 1 radical (unpaired) electrons. The third-order valence-electron chi connectivity index (χ3n) is 1.21. The first-order valence-corrected chi connectivity index (χ1v) is 3.41. The van der Waals surface area contributed by atoms with Gasteiger partial charge in [-0.15, -0.1) is 0 Å². The van der Waals surface area contributed by atoms with Crippen molar-refractivity contribution in [3.63, 3.8) is 0 Å². The molecular weight excluding hydrogens is 112 g/mol. The smallest absolute Gasteiger partial charge is 0.129 e. The zero-order valence-corrected chi connectivity index (χ0v) is 6.53. The molecule has 0 fully saturated rings. The van der Waals surface area contributed by atoms with Gasteiger partial charge in [0.1, 0.15) is 5.78 Å². The van der Waals surface area contributed by atoms with Gasteiger partial charge >= 0.3 is 0 Å². The van der Waals surface area contributed by atoms with Crippen molar-refractivity contribution in [1.29, 1.82) is 0 Å². The van der Waals surface area contributed by atoms with Gasteiger partial charge in [-0.1, -0.05) is 13.8 Å². The molecule has 0 heterocycles. The van der Waals surface area contributed by atoms with Crippen LogP contribution in [0.1, 0.15) is 40.0 Å². The summed E-state index contributed by atoms with van der Waals surface area (Å²) in [6.07, 6.45) is 2.86. The lowest BCUT2D eigenvalue weighted by Crippen LogP contribution is -1.91. The van der Waals surface area contributed by atoms with Crippen molar-refractivity contribution in [1.82, 2.24) is 0 Å². The standard InChI is InChI=1S/C8H15O/c1-7(2)5-4-6-8(3)9/h4-6H2,1-3H3. The molecule has 0 saturated heterocycles. The van der Waals surface area contributed by atoms with Crippen LogP contribution in [-0.4, -0.2) is 5.78 Å². The molecule has 0 aliphatic rings. The maximum Gasteiger partial charge on any atom is 0.129 e. The van der Waals surface area contributed by atoms with Gasteiger partial charge in [-0.25, -0.2) is 0 Å². The minimum Gasteiger partial charge on any atom is -0.300 e. The van der Waals surface area contributed by atoms with E-state index >= 15 is 0 Å². The summed E-state index contributed by atoms with van der Waals surface area (Å²) in [5.41, 5.74) is 0. The Morgan fingerprint density at radius 2 is 1.67 bits per heavy atom. The topological polar surface area (TPSA) is 17.1 Å². The number of hydrogen-bond donors (Lipinski definition) is 0. The SMILES string of the molecule is C[C](C)CCCC(C)=O. The third kappa shape index (κ3) is 7.67. The van der Waals surface area contributed by atoms with Crippen LogP contribution in [0, 0.1) is 5.92 Å². The van der Waals surface area contributed by atoms with Crippen molar-refractivity contribution in [3.8, 4) is 0 Å². The molecule has 1 heteroatoms. The van der Waals surface area contributed by atoms with E-state index in [2.05, 4.69) is 13.8 Å². The summed E-state index contributed by atoms with van der Waals surface area (Å²) in [6, 6.07) is 0. The number of carbonyl (C=O) groups is 1. The van der Waals surface area contributed by atoms with E-state index in [-0.39, 0.29) is 0 Å². The second-order valence-electron chi connectivity index (χ2n) is 2.76. The normalized spacial score (nSPS) is 10.2. The Labute approximate surface area is 57.5 Å². The molecule has 53 valence electrons. The van der Waals surface area contributed by atoms with E-state index in [0.717, 1.165) is 19.3 Å². The molecule has 0 bridgehead atoms. The van der Waals surface area contributed by atoms with Gasteiger partial charge in [-0.2, -0.15) is 0 Å². The van der Waals surface area contributed by atoms with Crippen molar-refractivity contribution >= 4 is 5.78 Å². The summed E-state index contributed by atoms with van der Waals surface area (Å²) in [7, 11) is 0. The third-order valence-corrected chi connectivity index (χ3v) is 1.21. The molecule has 0 amide bonds. The molecule has 0 rings (SSSR count). The van der Waals surface area contributed by atoms with Gasteiger partial charge in [0.15, 0.2) is 0 Å². The summed E-state index contributed by atoms with van der Waals surface area (Å²) >= 11 is 0. The molecule has 0 aromatic rings. The van der Waals surface area contributed by atoms with E-state index in [4.69, 9.17) is 0 Å². The van der Waals surface area contributed by atoms with Crippen LogP contribution in [0.2, 0.25) is 0 Å². The Bertz CT molecular complexity index is 84.6.